The van der Waals surface area contributed by atoms with Gasteiger partial charge in [-0.15, -0.1) is 10.2 Å². The Morgan fingerprint density at radius 2 is 1.73 bits per heavy atom. The number of pyridine rings is 1. The average molecular weight is 406 g/mol. The van der Waals surface area contributed by atoms with E-state index in [0.717, 1.165) is 61.1 Å². The molecule has 7 heteroatoms. The van der Waals surface area contributed by atoms with E-state index < -0.39 is 0 Å². The summed E-state index contributed by atoms with van der Waals surface area (Å²) < 4.78 is 7.08. The normalized spacial score (nSPS) is 14.7. The van der Waals surface area contributed by atoms with Gasteiger partial charge < -0.3 is 14.2 Å². The Morgan fingerprint density at radius 3 is 2.37 bits per heavy atom. The van der Waals surface area contributed by atoms with Gasteiger partial charge in [-0.1, -0.05) is 0 Å². The maximum atomic E-state index is 11.8. The van der Waals surface area contributed by atoms with Crippen molar-refractivity contribution in [1.29, 1.82) is 0 Å². The second-order valence-electron chi connectivity index (χ2n) is 7.48. The van der Waals surface area contributed by atoms with Crippen LogP contribution in [-0.4, -0.2) is 52.5 Å². The minimum absolute atomic E-state index is 0.0361. The van der Waals surface area contributed by atoms with Crippen molar-refractivity contribution in [1.82, 2.24) is 19.7 Å². The van der Waals surface area contributed by atoms with E-state index in [-0.39, 0.29) is 5.56 Å². The zero-order valence-corrected chi connectivity index (χ0v) is 17.5. The topological polar surface area (TPSA) is 63.5 Å². The zero-order valence-electron chi connectivity index (χ0n) is 17.5. The van der Waals surface area contributed by atoms with Crippen molar-refractivity contribution in [2.45, 2.75) is 13.5 Å². The summed E-state index contributed by atoms with van der Waals surface area (Å²) in [6, 6.07) is 15.7. The standard InChI is InChI=1S/C23H27N5O2/c1-3-30-20-6-4-19(5-7-20)21-8-9-22(25-24-21)28-14-12-27(13-15-28)17-18-10-11-26(2)23(29)16-18/h4-11,16H,3,12-15,17H2,1-2H3. The Balaban J connectivity index is 1.34. The van der Waals surface area contributed by atoms with Crippen LogP contribution < -0.4 is 15.2 Å². The molecular formula is C23H27N5O2. The van der Waals surface area contributed by atoms with E-state index in [1.54, 1.807) is 17.7 Å². The average Bonchev–Trinajstić information content (AvgIpc) is 2.78. The van der Waals surface area contributed by atoms with Crippen LogP contribution in [0, 0.1) is 0 Å². The number of nitrogens with zero attached hydrogens (tertiary/aromatic N) is 5. The van der Waals surface area contributed by atoms with E-state index in [1.807, 2.05) is 55.6 Å². The molecule has 0 amide bonds. The van der Waals surface area contributed by atoms with Crippen LogP contribution in [-0.2, 0) is 13.6 Å². The molecule has 0 saturated carbocycles. The predicted octanol–water partition coefficient (Wildman–Crippen LogP) is 2.56. The lowest BCUT2D eigenvalue weighted by molar-refractivity contribution is 0.249. The van der Waals surface area contributed by atoms with Gasteiger partial charge in [-0.25, -0.2) is 0 Å². The fraction of sp³-hybridized carbons (Fsp3) is 0.348. The number of piperazine rings is 1. The smallest absolute Gasteiger partial charge is 0.250 e. The van der Waals surface area contributed by atoms with Gasteiger partial charge in [0, 0.05) is 57.6 Å². The van der Waals surface area contributed by atoms with Gasteiger partial charge in [-0.3, -0.25) is 9.69 Å². The van der Waals surface area contributed by atoms with E-state index in [9.17, 15) is 4.79 Å². The molecule has 3 aromatic rings. The van der Waals surface area contributed by atoms with Crippen molar-refractivity contribution in [2.24, 2.45) is 7.05 Å². The molecule has 1 aromatic carbocycles. The van der Waals surface area contributed by atoms with Crippen molar-refractivity contribution in [3.05, 3.63) is 70.6 Å². The molecular weight excluding hydrogens is 378 g/mol. The van der Waals surface area contributed by atoms with E-state index in [4.69, 9.17) is 4.74 Å². The first kappa shape index (κ1) is 20.1. The third-order valence-corrected chi connectivity index (χ3v) is 5.38. The predicted molar refractivity (Wildman–Crippen MR) is 118 cm³/mol. The third kappa shape index (κ3) is 4.68. The summed E-state index contributed by atoms with van der Waals surface area (Å²) in [5.74, 6) is 1.76. The molecule has 0 atom stereocenters. The van der Waals surface area contributed by atoms with Crippen molar-refractivity contribution < 1.29 is 4.74 Å². The lowest BCUT2D eigenvalue weighted by Gasteiger charge is -2.35. The molecule has 30 heavy (non-hydrogen) atoms. The minimum Gasteiger partial charge on any atom is -0.494 e. The summed E-state index contributed by atoms with van der Waals surface area (Å²) in [5.41, 5.74) is 2.97. The summed E-state index contributed by atoms with van der Waals surface area (Å²) in [6.45, 7) is 7.07. The van der Waals surface area contributed by atoms with Crippen LogP contribution in [0.2, 0.25) is 0 Å². The van der Waals surface area contributed by atoms with E-state index >= 15 is 0 Å². The van der Waals surface area contributed by atoms with E-state index in [1.165, 1.54) is 0 Å². The van der Waals surface area contributed by atoms with Crippen LogP contribution >= 0.6 is 0 Å². The lowest BCUT2D eigenvalue weighted by Crippen LogP contribution is -2.46. The molecule has 2 aromatic heterocycles. The Hall–Kier alpha value is -3.19. The monoisotopic (exact) mass is 405 g/mol. The molecule has 3 heterocycles. The Bertz CT molecular complexity index is 1020. The molecule has 0 aliphatic carbocycles. The number of rotatable bonds is 6. The number of aromatic nitrogens is 3. The van der Waals surface area contributed by atoms with Gasteiger partial charge in [-0.2, -0.15) is 0 Å². The highest BCUT2D eigenvalue weighted by Crippen LogP contribution is 2.22. The highest BCUT2D eigenvalue weighted by atomic mass is 16.5. The van der Waals surface area contributed by atoms with Gasteiger partial charge in [0.2, 0.25) is 0 Å². The zero-order chi connectivity index (χ0) is 20.9. The number of aryl methyl sites for hydroxylation is 1. The Kier molecular flexibility index (Phi) is 6.09. The van der Waals surface area contributed by atoms with Crippen molar-refractivity contribution >= 4 is 5.82 Å². The maximum Gasteiger partial charge on any atom is 0.250 e. The molecule has 0 bridgehead atoms. The molecule has 0 radical (unpaired) electrons. The van der Waals surface area contributed by atoms with Crippen LogP contribution in [0.25, 0.3) is 11.3 Å². The van der Waals surface area contributed by atoms with Crippen molar-refractivity contribution in [2.75, 3.05) is 37.7 Å². The van der Waals surface area contributed by atoms with Gasteiger partial charge >= 0.3 is 0 Å². The van der Waals surface area contributed by atoms with Crippen LogP contribution in [0.4, 0.5) is 5.82 Å². The van der Waals surface area contributed by atoms with Gasteiger partial charge in [0.05, 0.1) is 12.3 Å². The highest BCUT2D eigenvalue weighted by molar-refractivity contribution is 5.60. The van der Waals surface area contributed by atoms with Gasteiger partial charge in [-0.05, 0) is 55.0 Å². The number of hydrogen-bond donors (Lipinski definition) is 0. The van der Waals surface area contributed by atoms with Gasteiger partial charge in [0.25, 0.3) is 5.56 Å². The van der Waals surface area contributed by atoms with Crippen molar-refractivity contribution in [3.63, 3.8) is 0 Å². The molecule has 0 unspecified atom stereocenters. The molecule has 156 valence electrons. The van der Waals surface area contributed by atoms with Gasteiger partial charge in [0.15, 0.2) is 5.82 Å². The fourth-order valence-corrected chi connectivity index (χ4v) is 3.62. The van der Waals surface area contributed by atoms with E-state index in [2.05, 4.69) is 20.0 Å². The van der Waals surface area contributed by atoms with Crippen LogP contribution in [0.5, 0.6) is 5.75 Å². The number of ether oxygens (including phenoxy) is 1. The molecule has 0 spiro atoms. The van der Waals surface area contributed by atoms with Crippen LogP contribution in [0.3, 0.4) is 0 Å². The summed E-state index contributed by atoms with van der Waals surface area (Å²) in [6.07, 6.45) is 1.83. The van der Waals surface area contributed by atoms with Crippen molar-refractivity contribution in [3.8, 4) is 17.0 Å². The molecule has 7 nitrogen and oxygen atoms in total. The number of benzene rings is 1. The van der Waals surface area contributed by atoms with E-state index in [0.29, 0.717) is 6.61 Å². The molecule has 1 saturated heterocycles. The summed E-state index contributed by atoms with van der Waals surface area (Å²) in [5, 5.41) is 8.87. The molecule has 1 aliphatic heterocycles. The second kappa shape index (κ2) is 9.09. The quantitative estimate of drug-likeness (QED) is 0.628. The molecule has 0 N–H and O–H groups in total. The van der Waals surface area contributed by atoms with Gasteiger partial charge in [0.1, 0.15) is 5.75 Å². The summed E-state index contributed by atoms with van der Waals surface area (Å²) in [4.78, 5) is 16.4. The fourth-order valence-electron chi connectivity index (χ4n) is 3.62. The highest BCUT2D eigenvalue weighted by Gasteiger charge is 2.18. The second-order valence-corrected chi connectivity index (χ2v) is 7.48. The molecule has 1 fully saturated rings. The first-order chi connectivity index (χ1) is 14.6. The van der Waals surface area contributed by atoms with Crippen LogP contribution in [0.1, 0.15) is 12.5 Å². The molecule has 1 aliphatic rings. The summed E-state index contributed by atoms with van der Waals surface area (Å²) >= 11 is 0. The van der Waals surface area contributed by atoms with Crippen LogP contribution in [0.15, 0.2) is 59.5 Å². The molecule has 4 rings (SSSR count). The maximum absolute atomic E-state index is 11.8. The SMILES string of the molecule is CCOc1ccc(-c2ccc(N3CCN(Cc4ccn(C)c(=O)c4)CC3)nn2)cc1. The summed E-state index contributed by atoms with van der Waals surface area (Å²) in [7, 11) is 1.77. The largest absolute Gasteiger partial charge is 0.494 e. The number of hydrogen-bond acceptors (Lipinski definition) is 6. The minimum atomic E-state index is 0.0361. The first-order valence-corrected chi connectivity index (χ1v) is 10.3. The number of anilines is 1. The Morgan fingerprint density at radius 1 is 0.967 bits per heavy atom. The third-order valence-electron chi connectivity index (χ3n) is 5.38. The lowest BCUT2D eigenvalue weighted by atomic mass is 10.1. The Labute approximate surface area is 176 Å². The first-order valence-electron chi connectivity index (χ1n) is 10.3.